The lowest BCUT2D eigenvalue weighted by molar-refractivity contribution is -0.384. The molecule has 1 aliphatic heterocycles. The number of hydrogen-bond acceptors (Lipinski definition) is 7. The lowest BCUT2D eigenvalue weighted by Gasteiger charge is -2.15. The number of thioether (sulfide) groups is 1. The zero-order valence-corrected chi connectivity index (χ0v) is 15.6. The highest BCUT2D eigenvalue weighted by atomic mass is 32.2. The number of rotatable bonds is 5. The predicted octanol–water partition coefficient (Wildman–Crippen LogP) is 2.97. The van der Waals surface area contributed by atoms with E-state index in [4.69, 9.17) is 0 Å². The Morgan fingerprint density at radius 2 is 1.81 bits per heavy atom. The minimum Gasteiger partial charge on any atom is -0.297 e. The second-order valence-corrected chi connectivity index (χ2v) is 9.06. The predicted molar refractivity (Wildman–Crippen MR) is 100 cm³/mol. The van der Waals surface area contributed by atoms with Crippen molar-refractivity contribution in [2.75, 3.05) is 11.5 Å². The first-order chi connectivity index (χ1) is 13.0. The molecule has 0 aliphatic carbocycles. The molecule has 8 nitrogen and oxygen atoms in total. The first kappa shape index (κ1) is 17.7. The molecule has 0 fully saturated rings. The summed E-state index contributed by atoms with van der Waals surface area (Å²) in [6.45, 7) is 0. The molecule has 0 radical (unpaired) electrons. The first-order valence-electron chi connectivity index (χ1n) is 8.06. The zero-order valence-electron chi connectivity index (χ0n) is 13.9. The van der Waals surface area contributed by atoms with Crippen LogP contribution >= 0.6 is 11.8 Å². The summed E-state index contributed by atoms with van der Waals surface area (Å²) in [6, 6.07) is 14.0. The Morgan fingerprint density at radius 1 is 1.11 bits per heavy atom. The first-order valence-corrected chi connectivity index (χ1v) is 10.7. The molecule has 0 spiro atoms. The van der Waals surface area contributed by atoms with E-state index in [9.17, 15) is 18.5 Å². The molecule has 0 bridgehead atoms. The van der Waals surface area contributed by atoms with Crippen LogP contribution in [0.3, 0.4) is 0 Å². The maximum absolute atomic E-state index is 12.7. The van der Waals surface area contributed by atoms with Gasteiger partial charge in [-0.15, -0.1) is 10.2 Å². The molecular weight excluding hydrogens is 388 g/mol. The molecule has 0 saturated carbocycles. The molecule has 0 N–H and O–H groups in total. The van der Waals surface area contributed by atoms with Gasteiger partial charge in [-0.3, -0.25) is 14.7 Å². The van der Waals surface area contributed by atoms with Gasteiger partial charge in [0.2, 0.25) is 0 Å². The molecule has 1 aromatic heterocycles. The van der Waals surface area contributed by atoms with E-state index in [1.54, 1.807) is 42.5 Å². The van der Waals surface area contributed by atoms with Gasteiger partial charge in [-0.05, 0) is 24.3 Å². The number of nitro benzene ring substituents is 1. The molecule has 4 rings (SSSR count). The van der Waals surface area contributed by atoms with Crippen molar-refractivity contribution in [1.82, 2.24) is 14.8 Å². The van der Waals surface area contributed by atoms with E-state index in [0.29, 0.717) is 22.3 Å². The van der Waals surface area contributed by atoms with Crippen LogP contribution in [-0.2, 0) is 9.84 Å². The molecule has 10 heteroatoms. The van der Waals surface area contributed by atoms with Crippen molar-refractivity contribution in [3.8, 4) is 11.4 Å². The van der Waals surface area contributed by atoms with Gasteiger partial charge >= 0.3 is 0 Å². The van der Waals surface area contributed by atoms with E-state index < -0.39 is 14.8 Å². The second-order valence-electron chi connectivity index (χ2n) is 6.04. The Balaban J connectivity index is 1.66. The van der Waals surface area contributed by atoms with E-state index in [0.717, 1.165) is 0 Å². The molecule has 1 aliphatic rings. The number of sulfone groups is 1. The number of aromatic nitrogens is 3. The van der Waals surface area contributed by atoms with Gasteiger partial charge in [0.05, 0.1) is 21.6 Å². The van der Waals surface area contributed by atoms with Gasteiger partial charge in [0, 0.05) is 23.4 Å². The third-order valence-corrected chi connectivity index (χ3v) is 7.19. The van der Waals surface area contributed by atoms with Gasteiger partial charge in [0.15, 0.2) is 20.8 Å². The van der Waals surface area contributed by atoms with E-state index in [2.05, 4.69) is 10.2 Å². The topological polar surface area (TPSA) is 108 Å². The Morgan fingerprint density at radius 3 is 2.48 bits per heavy atom. The van der Waals surface area contributed by atoms with Crippen molar-refractivity contribution in [3.63, 3.8) is 0 Å². The number of nitro groups is 1. The summed E-state index contributed by atoms with van der Waals surface area (Å²) < 4.78 is 27.3. The maximum Gasteiger partial charge on any atom is 0.269 e. The van der Waals surface area contributed by atoms with Gasteiger partial charge in [-0.1, -0.05) is 30.0 Å². The van der Waals surface area contributed by atoms with Crippen LogP contribution in [0.4, 0.5) is 5.69 Å². The SMILES string of the molecule is O=[N+]([O-])c1ccc(-c2nnc3n2[C@@H](CS(=O)(=O)c2ccccc2)CS3)cc1. The van der Waals surface area contributed by atoms with Crippen LogP contribution in [0.5, 0.6) is 0 Å². The Bertz CT molecular complexity index is 1100. The number of non-ortho nitro benzene ring substituents is 1. The van der Waals surface area contributed by atoms with Gasteiger partial charge in [-0.2, -0.15) is 0 Å². The van der Waals surface area contributed by atoms with Crippen molar-refractivity contribution in [2.24, 2.45) is 0 Å². The van der Waals surface area contributed by atoms with E-state index in [1.165, 1.54) is 23.9 Å². The van der Waals surface area contributed by atoms with Crippen molar-refractivity contribution in [1.29, 1.82) is 0 Å². The summed E-state index contributed by atoms with van der Waals surface area (Å²) >= 11 is 1.45. The van der Waals surface area contributed by atoms with Crippen molar-refractivity contribution < 1.29 is 13.3 Å². The second kappa shape index (κ2) is 6.78. The highest BCUT2D eigenvalue weighted by Gasteiger charge is 2.32. The molecule has 2 heterocycles. The average Bonchev–Trinajstić information content (AvgIpc) is 3.25. The molecule has 1 atom stereocenters. The summed E-state index contributed by atoms with van der Waals surface area (Å²) in [7, 11) is -3.46. The van der Waals surface area contributed by atoms with Gasteiger partial charge in [0.1, 0.15) is 0 Å². The highest BCUT2D eigenvalue weighted by molar-refractivity contribution is 7.99. The Hall–Kier alpha value is -2.72. The Kier molecular flexibility index (Phi) is 4.44. The van der Waals surface area contributed by atoms with Gasteiger partial charge < -0.3 is 0 Å². The standard InChI is InChI=1S/C17H14N4O4S2/c22-21(23)13-8-6-12(7-9-13)16-18-19-17-20(16)14(10-26-17)11-27(24,25)15-4-2-1-3-5-15/h1-9,14H,10-11H2/t14-/m1/s1. The summed E-state index contributed by atoms with van der Waals surface area (Å²) in [4.78, 5) is 10.6. The van der Waals surface area contributed by atoms with Crippen LogP contribution in [0.2, 0.25) is 0 Å². The molecule has 27 heavy (non-hydrogen) atoms. The molecule has 0 amide bonds. The third kappa shape index (κ3) is 3.33. The molecular formula is C17H14N4O4S2. The summed E-state index contributed by atoms with van der Waals surface area (Å²) in [5.41, 5.74) is 0.640. The van der Waals surface area contributed by atoms with Crippen molar-refractivity contribution in [3.05, 3.63) is 64.7 Å². The van der Waals surface area contributed by atoms with Crippen LogP contribution in [0.1, 0.15) is 6.04 Å². The summed E-state index contributed by atoms with van der Waals surface area (Å²) in [6.07, 6.45) is 0. The summed E-state index contributed by atoms with van der Waals surface area (Å²) in [5, 5.41) is 19.8. The fourth-order valence-electron chi connectivity index (χ4n) is 2.98. The van der Waals surface area contributed by atoms with Crippen LogP contribution in [0, 0.1) is 10.1 Å². The molecule has 0 saturated heterocycles. The third-order valence-electron chi connectivity index (χ3n) is 4.28. The van der Waals surface area contributed by atoms with Gasteiger partial charge in [0.25, 0.3) is 5.69 Å². The van der Waals surface area contributed by atoms with Crippen LogP contribution in [0.25, 0.3) is 11.4 Å². The minimum absolute atomic E-state index is 0.0162. The minimum atomic E-state index is -3.46. The fourth-order valence-corrected chi connectivity index (χ4v) is 5.75. The number of hydrogen-bond donors (Lipinski definition) is 0. The molecule has 0 unspecified atom stereocenters. The Labute approximate surface area is 159 Å². The van der Waals surface area contributed by atoms with Crippen molar-refractivity contribution >= 4 is 27.3 Å². The van der Waals surface area contributed by atoms with Gasteiger partial charge in [-0.25, -0.2) is 8.42 Å². The van der Waals surface area contributed by atoms with Crippen LogP contribution in [0.15, 0.2) is 64.6 Å². The smallest absolute Gasteiger partial charge is 0.269 e. The molecule has 3 aromatic rings. The quantitative estimate of drug-likeness (QED) is 0.477. The normalized spacial score (nSPS) is 16.2. The molecule has 2 aromatic carbocycles. The van der Waals surface area contributed by atoms with Crippen molar-refractivity contribution in [2.45, 2.75) is 16.1 Å². The fraction of sp³-hybridized carbons (Fsp3) is 0.176. The number of fused-ring (bicyclic) bond motifs is 1. The average molecular weight is 402 g/mol. The van der Waals surface area contributed by atoms with Crippen LogP contribution < -0.4 is 0 Å². The van der Waals surface area contributed by atoms with E-state index in [1.807, 2.05) is 4.57 Å². The lowest BCUT2D eigenvalue weighted by atomic mass is 10.2. The monoisotopic (exact) mass is 402 g/mol. The lowest BCUT2D eigenvalue weighted by Crippen LogP contribution is -2.20. The maximum atomic E-state index is 12.7. The van der Waals surface area contributed by atoms with E-state index in [-0.39, 0.29) is 22.4 Å². The number of nitrogens with zero attached hydrogens (tertiary/aromatic N) is 4. The number of benzene rings is 2. The van der Waals surface area contributed by atoms with Crippen LogP contribution in [-0.4, -0.2) is 39.6 Å². The summed E-state index contributed by atoms with van der Waals surface area (Å²) in [5.74, 6) is 1.03. The zero-order chi connectivity index (χ0) is 19.0. The largest absolute Gasteiger partial charge is 0.297 e. The highest BCUT2D eigenvalue weighted by Crippen LogP contribution is 2.37. The van der Waals surface area contributed by atoms with E-state index >= 15 is 0 Å². The molecule has 138 valence electrons.